The Morgan fingerprint density at radius 2 is 2.33 bits per heavy atom. The number of fused-ring (bicyclic) bond motifs is 1. The largest absolute Gasteiger partial charge is 0.386 e. The molecule has 8 nitrogen and oxygen atoms in total. The Morgan fingerprint density at radius 1 is 1.43 bits per heavy atom. The van der Waals surface area contributed by atoms with Crippen molar-refractivity contribution in [2.24, 2.45) is 0 Å². The summed E-state index contributed by atoms with van der Waals surface area (Å²) in [7, 11) is 0. The first-order chi connectivity index (χ1) is 10.2. The minimum atomic E-state index is -0.839. The van der Waals surface area contributed by atoms with E-state index in [2.05, 4.69) is 37.5 Å². The third-order valence-corrected chi connectivity index (χ3v) is 3.49. The molecular weight excluding hydrogens is 272 g/mol. The van der Waals surface area contributed by atoms with Crippen LogP contribution in [0.5, 0.6) is 0 Å². The summed E-state index contributed by atoms with van der Waals surface area (Å²) in [5, 5.41) is 16.6. The monoisotopic (exact) mass is 292 g/mol. The van der Waals surface area contributed by atoms with Gasteiger partial charge in [-0.2, -0.15) is 9.97 Å². The Kier molecular flexibility index (Phi) is 3.89. The second-order valence-corrected chi connectivity index (χ2v) is 5.30. The molecule has 0 amide bonds. The normalized spacial score (nSPS) is 21.8. The van der Waals surface area contributed by atoms with Crippen LogP contribution in [-0.2, 0) is 4.74 Å². The minimum absolute atomic E-state index is 0.345. The number of aromatic nitrogens is 4. The van der Waals surface area contributed by atoms with E-state index in [0.717, 1.165) is 18.5 Å². The average molecular weight is 292 g/mol. The van der Waals surface area contributed by atoms with Gasteiger partial charge in [-0.05, 0) is 6.42 Å². The van der Waals surface area contributed by atoms with Crippen molar-refractivity contribution in [1.82, 2.24) is 19.9 Å². The topological polar surface area (TPSA) is 108 Å². The van der Waals surface area contributed by atoms with Crippen LogP contribution in [0.15, 0.2) is 6.33 Å². The molecule has 3 rings (SSSR count). The summed E-state index contributed by atoms with van der Waals surface area (Å²) in [5.74, 6) is 1.17. The van der Waals surface area contributed by atoms with Gasteiger partial charge < -0.3 is 25.5 Å². The smallest absolute Gasteiger partial charge is 0.226 e. The fraction of sp³-hybridized carbons (Fsp3) is 0.615. The van der Waals surface area contributed by atoms with Gasteiger partial charge in [-0.1, -0.05) is 6.92 Å². The van der Waals surface area contributed by atoms with Crippen molar-refractivity contribution in [2.75, 3.05) is 36.9 Å². The van der Waals surface area contributed by atoms with Crippen LogP contribution in [0, 0.1) is 0 Å². The van der Waals surface area contributed by atoms with Gasteiger partial charge in [0.15, 0.2) is 11.5 Å². The highest BCUT2D eigenvalue weighted by Crippen LogP contribution is 2.22. The first-order valence-electron chi connectivity index (χ1n) is 7.19. The highest BCUT2D eigenvalue weighted by molar-refractivity contribution is 5.83. The van der Waals surface area contributed by atoms with E-state index in [-0.39, 0.29) is 0 Å². The molecule has 1 aliphatic rings. The molecule has 2 aromatic heterocycles. The number of nitrogens with one attached hydrogen (secondary N) is 3. The predicted molar refractivity (Wildman–Crippen MR) is 79.3 cm³/mol. The lowest BCUT2D eigenvalue weighted by molar-refractivity contribution is 0.0381. The quantitative estimate of drug-likeness (QED) is 0.622. The van der Waals surface area contributed by atoms with Crippen molar-refractivity contribution in [3.63, 3.8) is 0 Å². The zero-order valence-electron chi connectivity index (χ0n) is 12.0. The number of imidazole rings is 1. The summed E-state index contributed by atoms with van der Waals surface area (Å²) in [5.41, 5.74) is 0.495. The fourth-order valence-electron chi connectivity index (χ4n) is 2.26. The summed E-state index contributed by atoms with van der Waals surface area (Å²) >= 11 is 0. The molecule has 8 heteroatoms. The summed E-state index contributed by atoms with van der Waals surface area (Å²) < 4.78 is 5.24. The predicted octanol–water partition coefficient (Wildman–Crippen LogP) is 0.738. The Hall–Kier alpha value is -1.93. The van der Waals surface area contributed by atoms with E-state index in [1.165, 1.54) is 0 Å². The van der Waals surface area contributed by atoms with Crippen LogP contribution in [0.1, 0.15) is 19.8 Å². The first kappa shape index (κ1) is 14.0. The van der Waals surface area contributed by atoms with Crippen LogP contribution < -0.4 is 10.6 Å². The summed E-state index contributed by atoms with van der Waals surface area (Å²) in [6.07, 6.45) is 3.20. The number of aliphatic hydroxyl groups is 1. The van der Waals surface area contributed by atoms with Crippen molar-refractivity contribution in [1.29, 1.82) is 0 Å². The van der Waals surface area contributed by atoms with Crippen molar-refractivity contribution in [3.8, 4) is 0 Å². The number of nitrogens with zero attached hydrogens (tertiary/aromatic N) is 3. The molecule has 0 aliphatic carbocycles. The van der Waals surface area contributed by atoms with Crippen molar-refractivity contribution in [3.05, 3.63) is 6.33 Å². The molecular formula is C13H20N6O2. The average Bonchev–Trinajstić information content (AvgIpc) is 3.12. The van der Waals surface area contributed by atoms with Crippen LogP contribution in [0.25, 0.3) is 11.2 Å². The maximum Gasteiger partial charge on any atom is 0.226 e. The molecule has 0 radical (unpaired) electrons. The summed E-state index contributed by atoms with van der Waals surface area (Å²) in [6, 6.07) is 0. The molecule has 1 unspecified atom stereocenters. The summed E-state index contributed by atoms with van der Waals surface area (Å²) in [4.78, 5) is 16.0. The molecule has 1 fully saturated rings. The van der Waals surface area contributed by atoms with Gasteiger partial charge in [0, 0.05) is 26.1 Å². The van der Waals surface area contributed by atoms with E-state index in [4.69, 9.17) is 4.74 Å². The van der Waals surface area contributed by atoms with E-state index < -0.39 is 5.60 Å². The van der Waals surface area contributed by atoms with Gasteiger partial charge in [-0.3, -0.25) is 0 Å². The highest BCUT2D eigenvalue weighted by Gasteiger charge is 2.32. The second kappa shape index (κ2) is 5.82. The second-order valence-electron chi connectivity index (χ2n) is 5.30. The maximum absolute atomic E-state index is 10.3. The van der Waals surface area contributed by atoms with Crippen LogP contribution in [0.3, 0.4) is 0 Å². The first-order valence-corrected chi connectivity index (χ1v) is 7.19. The number of aromatic amines is 1. The van der Waals surface area contributed by atoms with Crippen molar-refractivity contribution < 1.29 is 9.84 Å². The van der Waals surface area contributed by atoms with E-state index in [1.54, 1.807) is 6.33 Å². The van der Waals surface area contributed by atoms with Gasteiger partial charge in [0.25, 0.3) is 0 Å². The molecule has 0 bridgehead atoms. The highest BCUT2D eigenvalue weighted by atomic mass is 16.5. The van der Waals surface area contributed by atoms with E-state index >= 15 is 0 Å². The lowest BCUT2D eigenvalue weighted by atomic mass is 10.0. The van der Waals surface area contributed by atoms with Gasteiger partial charge in [-0.15, -0.1) is 0 Å². The molecule has 1 aliphatic heterocycles. The minimum Gasteiger partial charge on any atom is -0.386 e. The molecule has 2 aromatic rings. The SMILES string of the molecule is CCCNc1nc(NCC2(O)CCOC2)c2[nH]cnc2n1. The number of ether oxygens (including phenoxy) is 1. The van der Waals surface area contributed by atoms with Gasteiger partial charge in [-0.25, -0.2) is 4.98 Å². The molecule has 3 heterocycles. The number of H-pyrrole nitrogens is 1. The molecule has 0 saturated carbocycles. The number of hydrogen-bond donors (Lipinski definition) is 4. The molecule has 1 saturated heterocycles. The molecule has 0 aromatic carbocycles. The van der Waals surface area contributed by atoms with Gasteiger partial charge in [0.1, 0.15) is 11.1 Å². The molecule has 0 spiro atoms. The Labute approximate surface area is 122 Å². The molecule has 21 heavy (non-hydrogen) atoms. The standard InChI is InChI=1S/C13H20N6O2/c1-2-4-14-12-18-10(9-11(19-12)17-8-16-9)15-6-13(20)3-5-21-7-13/h8,20H,2-7H2,1H3,(H3,14,15,16,17,18,19). The fourth-order valence-corrected chi connectivity index (χ4v) is 2.26. The molecule has 1 atom stereocenters. The number of rotatable bonds is 6. The number of hydrogen-bond acceptors (Lipinski definition) is 7. The summed E-state index contributed by atoms with van der Waals surface area (Å²) in [6.45, 7) is 4.19. The van der Waals surface area contributed by atoms with E-state index in [1.807, 2.05) is 0 Å². The van der Waals surface area contributed by atoms with E-state index in [9.17, 15) is 5.11 Å². The molecule has 4 N–H and O–H groups in total. The van der Waals surface area contributed by atoms with Crippen LogP contribution in [-0.4, -0.2) is 56.9 Å². The molecule has 114 valence electrons. The lowest BCUT2D eigenvalue weighted by Crippen LogP contribution is -2.37. The zero-order chi connectivity index (χ0) is 14.7. The Balaban J connectivity index is 1.80. The third-order valence-electron chi connectivity index (χ3n) is 3.49. The van der Waals surface area contributed by atoms with Gasteiger partial charge in [0.2, 0.25) is 5.95 Å². The van der Waals surface area contributed by atoms with Crippen LogP contribution in [0.4, 0.5) is 11.8 Å². The Morgan fingerprint density at radius 3 is 3.10 bits per heavy atom. The lowest BCUT2D eigenvalue weighted by Gasteiger charge is -2.21. The van der Waals surface area contributed by atoms with Crippen LogP contribution in [0.2, 0.25) is 0 Å². The van der Waals surface area contributed by atoms with Gasteiger partial charge in [0.05, 0.1) is 12.9 Å². The van der Waals surface area contributed by atoms with E-state index in [0.29, 0.717) is 43.6 Å². The Bertz CT molecular complexity index is 608. The van der Waals surface area contributed by atoms with Crippen molar-refractivity contribution >= 4 is 22.9 Å². The van der Waals surface area contributed by atoms with Crippen LogP contribution >= 0.6 is 0 Å². The van der Waals surface area contributed by atoms with Crippen molar-refractivity contribution in [2.45, 2.75) is 25.4 Å². The van der Waals surface area contributed by atoms with Gasteiger partial charge >= 0.3 is 0 Å². The maximum atomic E-state index is 10.3. The zero-order valence-corrected chi connectivity index (χ0v) is 12.0. The number of anilines is 2. The third kappa shape index (κ3) is 3.06.